The molecule has 0 fully saturated rings. The molecule has 0 saturated carbocycles. The van der Waals surface area contributed by atoms with E-state index in [0.29, 0.717) is 5.82 Å². The molecular formula is C12H11N5. The van der Waals surface area contributed by atoms with Gasteiger partial charge in [-0.3, -0.25) is 9.78 Å². The summed E-state index contributed by atoms with van der Waals surface area (Å²) in [6, 6.07) is 9.91. The molecule has 3 rings (SSSR count). The van der Waals surface area contributed by atoms with Gasteiger partial charge in [-0.15, -0.1) is 0 Å². The molecule has 0 aliphatic rings. The molecule has 1 aromatic carbocycles. The van der Waals surface area contributed by atoms with Crippen LogP contribution in [0.25, 0.3) is 22.8 Å². The quantitative estimate of drug-likeness (QED) is 0.724. The zero-order valence-corrected chi connectivity index (χ0v) is 9.33. The minimum Gasteiger partial charge on any atom is -0.275 e. The minimum atomic E-state index is 0.664. The molecule has 5 nitrogen and oxygen atoms in total. The molecule has 0 atom stereocenters. The smallest absolute Gasteiger partial charge is 0.184 e. The third-order valence-corrected chi connectivity index (χ3v) is 2.50. The molecule has 0 radical (unpaired) electrons. The van der Waals surface area contributed by atoms with Crippen molar-refractivity contribution in [3.63, 3.8) is 0 Å². The summed E-state index contributed by atoms with van der Waals surface area (Å²) in [5.41, 5.74) is 1.93. The van der Waals surface area contributed by atoms with Gasteiger partial charge in [0.15, 0.2) is 11.6 Å². The summed E-state index contributed by atoms with van der Waals surface area (Å²) in [7, 11) is 1.87. The number of hydrogen-bond donors (Lipinski definition) is 1. The third-order valence-electron chi connectivity index (χ3n) is 2.50. The highest BCUT2D eigenvalue weighted by atomic mass is 15.3. The summed E-state index contributed by atoms with van der Waals surface area (Å²) in [5.74, 6) is 1.43. The third kappa shape index (κ3) is 1.82. The standard InChI is InChI=1S/C12H11N5/c1-17-8-10(7-13-17)12-14-11(15-16-12)9-5-3-2-4-6-9/h2-8H,1H3,(H,14,15,16). The minimum absolute atomic E-state index is 0.664. The first kappa shape index (κ1) is 9.77. The summed E-state index contributed by atoms with van der Waals surface area (Å²) < 4.78 is 1.73. The van der Waals surface area contributed by atoms with Crippen molar-refractivity contribution >= 4 is 0 Å². The first-order valence-electron chi connectivity index (χ1n) is 5.30. The zero-order chi connectivity index (χ0) is 11.7. The van der Waals surface area contributed by atoms with E-state index in [1.165, 1.54) is 0 Å². The normalized spacial score (nSPS) is 10.6. The lowest BCUT2D eigenvalue weighted by Gasteiger charge is -1.92. The van der Waals surface area contributed by atoms with Crippen LogP contribution in [0.5, 0.6) is 0 Å². The van der Waals surface area contributed by atoms with Gasteiger partial charge in [-0.25, -0.2) is 4.98 Å². The summed E-state index contributed by atoms with van der Waals surface area (Å²) in [4.78, 5) is 4.44. The van der Waals surface area contributed by atoms with Crippen molar-refractivity contribution in [1.82, 2.24) is 25.0 Å². The SMILES string of the molecule is Cn1cc(-c2n[nH]c(-c3ccccc3)n2)cn1. The van der Waals surface area contributed by atoms with Crippen LogP contribution in [0.2, 0.25) is 0 Å². The average molecular weight is 225 g/mol. The highest BCUT2D eigenvalue weighted by Crippen LogP contribution is 2.18. The maximum Gasteiger partial charge on any atom is 0.184 e. The molecule has 0 amide bonds. The van der Waals surface area contributed by atoms with E-state index in [1.807, 2.05) is 43.6 Å². The lowest BCUT2D eigenvalue weighted by atomic mass is 10.2. The van der Waals surface area contributed by atoms with Crippen LogP contribution >= 0.6 is 0 Å². The average Bonchev–Trinajstić information content (AvgIpc) is 2.98. The number of benzene rings is 1. The molecule has 2 aromatic heterocycles. The van der Waals surface area contributed by atoms with Crippen LogP contribution in [0.3, 0.4) is 0 Å². The molecule has 17 heavy (non-hydrogen) atoms. The number of aromatic nitrogens is 5. The number of H-pyrrole nitrogens is 1. The fourth-order valence-electron chi connectivity index (χ4n) is 1.65. The van der Waals surface area contributed by atoms with Gasteiger partial charge in [0.05, 0.1) is 11.8 Å². The monoisotopic (exact) mass is 225 g/mol. The number of aryl methyl sites for hydroxylation is 1. The van der Waals surface area contributed by atoms with Crippen molar-refractivity contribution in [2.45, 2.75) is 0 Å². The van der Waals surface area contributed by atoms with Gasteiger partial charge in [0.25, 0.3) is 0 Å². The molecule has 0 aliphatic carbocycles. The van der Waals surface area contributed by atoms with Crippen LogP contribution in [0.4, 0.5) is 0 Å². The number of nitrogens with zero attached hydrogens (tertiary/aromatic N) is 4. The van der Waals surface area contributed by atoms with Crippen LogP contribution in [-0.2, 0) is 7.05 Å². The Labute approximate surface area is 98.1 Å². The van der Waals surface area contributed by atoms with Crippen molar-refractivity contribution in [3.05, 3.63) is 42.7 Å². The Hall–Kier alpha value is -2.43. The lowest BCUT2D eigenvalue weighted by molar-refractivity contribution is 0.768. The fourth-order valence-corrected chi connectivity index (χ4v) is 1.65. The Morgan fingerprint density at radius 1 is 1.12 bits per heavy atom. The maximum atomic E-state index is 4.44. The van der Waals surface area contributed by atoms with Crippen LogP contribution in [0.15, 0.2) is 42.7 Å². The highest BCUT2D eigenvalue weighted by Gasteiger charge is 2.08. The first-order chi connectivity index (χ1) is 8.33. The predicted molar refractivity (Wildman–Crippen MR) is 64.0 cm³/mol. The Balaban J connectivity index is 1.99. The van der Waals surface area contributed by atoms with Crippen LogP contribution in [0, 0.1) is 0 Å². The Morgan fingerprint density at radius 3 is 2.65 bits per heavy atom. The van der Waals surface area contributed by atoms with Gasteiger partial charge in [-0.2, -0.15) is 10.2 Å². The summed E-state index contributed by atoms with van der Waals surface area (Å²) >= 11 is 0. The van der Waals surface area contributed by atoms with E-state index >= 15 is 0 Å². The predicted octanol–water partition coefficient (Wildman–Crippen LogP) is 1.87. The molecule has 3 aromatic rings. The number of nitrogens with one attached hydrogen (secondary N) is 1. The molecule has 1 N–H and O–H groups in total. The van der Waals surface area contributed by atoms with Gasteiger partial charge in [0.2, 0.25) is 0 Å². The van der Waals surface area contributed by atoms with Crippen molar-refractivity contribution in [2.75, 3.05) is 0 Å². The largest absolute Gasteiger partial charge is 0.275 e. The molecule has 84 valence electrons. The number of rotatable bonds is 2. The number of aromatic amines is 1. The van der Waals surface area contributed by atoms with E-state index < -0.39 is 0 Å². The van der Waals surface area contributed by atoms with Gasteiger partial charge in [0, 0.05) is 18.8 Å². The van der Waals surface area contributed by atoms with Crippen LogP contribution < -0.4 is 0 Å². The van der Waals surface area contributed by atoms with E-state index in [9.17, 15) is 0 Å². The zero-order valence-electron chi connectivity index (χ0n) is 9.33. The Kier molecular flexibility index (Phi) is 2.22. The summed E-state index contributed by atoms with van der Waals surface area (Å²) in [5, 5.41) is 11.2. The lowest BCUT2D eigenvalue weighted by Crippen LogP contribution is -1.84. The van der Waals surface area contributed by atoms with Gasteiger partial charge in [-0.05, 0) is 0 Å². The number of hydrogen-bond acceptors (Lipinski definition) is 3. The second-order valence-electron chi connectivity index (χ2n) is 3.78. The van der Waals surface area contributed by atoms with Crippen molar-refractivity contribution in [3.8, 4) is 22.8 Å². The van der Waals surface area contributed by atoms with E-state index in [4.69, 9.17) is 0 Å². The van der Waals surface area contributed by atoms with Crippen molar-refractivity contribution in [1.29, 1.82) is 0 Å². The Bertz CT molecular complexity index is 623. The molecule has 0 aliphatic heterocycles. The molecule has 0 spiro atoms. The van der Waals surface area contributed by atoms with Crippen LogP contribution in [0.1, 0.15) is 0 Å². The molecule has 0 unspecified atom stereocenters. The van der Waals surface area contributed by atoms with Crippen LogP contribution in [-0.4, -0.2) is 25.0 Å². The maximum absolute atomic E-state index is 4.44. The first-order valence-corrected chi connectivity index (χ1v) is 5.30. The van der Waals surface area contributed by atoms with E-state index in [-0.39, 0.29) is 0 Å². The van der Waals surface area contributed by atoms with Gasteiger partial charge in [-0.1, -0.05) is 30.3 Å². The molecule has 0 bridgehead atoms. The molecule has 2 heterocycles. The van der Waals surface area contributed by atoms with E-state index in [1.54, 1.807) is 10.9 Å². The fraction of sp³-hybridized carbons (Fsp3) is 0.0833. The molecular weight excluding hydrogens is 214 g/mol. The van der Waals surface area contributed by atoms with E-state index in [0.717, 1.165) is 17.0 Å². The topological polar surface area (TPSA) is 59.4 Å². The van der Waals surface area contributed by atoms with Crippen molar-refractivity contribution in [2.24, 2.45) is 7.05 Å². The van der Waals surface area contributed by atoms with Crippen molar-refractivity contribution < 1.29 is 0 Å². The van der Waals surface area contributed by atoms with E-state index in [2.05, 4.69) is 20.3 Å². The second kappa shape index (κ2) is 3.86. The molecule has 0 saturated heterocycles. The van der Waals surface area contributed by atoms with Gasteiger partial charge in [0.1, 0.15) is 0 Å². The highest BCUT2D eigenvalue weighted by molar-refractivity contribution is 5.59. The Morgan fingerprint density at radius 2 is 1.94 bits per heavy atom. The summed E-state index contributed by atoms with van der Waals surface area (Å²) in [6.45, 7) is 0. The van der Waals surface area contributed by atoms with Gasteiger partial charge < -0.3 is 0 Å². The summed E-state index contributed by atoms with van der Waals surface area (Å²) in [6.07, 6.45) is 3.63. The molecule has 5 heteroatoms. The van der Waals surface area contributed by atoms with Gasteiger partial charge >= 0.3 is 0 Å². The second-order valence-corrected chi connectivity index (χ2v) is 3.78.